The predicted molar refractivity (Wildman–Crippen MR) is 117 cm³/mol. The number of hydrogen-bond acceptors (Lipinski definition) is 4. The Bertz CT molecular complexity index is 752. The maximum Gasteiger partial charge on any atom is 0.239 e. The molecule has 0 aliphatic heterocycles. The summed E-state index contributed by atoms with van der Waals surface area (Å²) in [5.74, 6) is 0.298. The Balaban J connectivity index is 0.00000420. The van der Waals surface area contributed by atoms with Gasteiger partial charge in [0, 0.05) is 6.54 Å². The highest BCUT2D eigenvalue weighted by atomic mass is 35.5. The van der Waals surface area contributed by atoms with Crippen molar-refractivity contribution in [1.29, 1.82) is 0 Å². The minimum atomic E-state index is -0.601. The van der Waals surface area contributed by atoms with E-state index in [4.69, 9.17) is 10.5 Å². The number of halogens is 1. The zero-order valence-electron chi connectivity index (χ0n) is 16.9. The molecule has 4 N–H and O–H groups in total. The molecule has 0 heterocycles. The van der Waals surface area contributed by atoms with Gasteiger partial charge < -0.3 is 21.1 Å². The Morgan fingerprint density at radius 2 is 1.62 bits per heavy atom. The molecular formula is C22H30ClN3O3. The van der Waals surface area contributed by atoms with E-state index in [9.17, 15) is 9.59 Å². The predicted octanol–water partition coefficient (Wildman–Crippen LogP) is 2.45. The maximum absolute atomic E-state index is 11.8. The second-order valence-corrected chi connectivity index (χ2v) is 7.01. The smallest absolute Gasteiger partial charge is 0.239 e. The Hall–Kier alpha value is -2.57. The third-order valence-corrected chi connectivity index (χ3v) is 4.35. The lowest BCUT2D eigenvalue weighted by molar-refractivity contribution is -0.127. The number of carbonyl (C=O) groups is 2. The number of ether oxygens (including phenoxy) is 1. The molecule has 0 fully saturated rings. The van der Waals surface area contributed by atoms with Crippen LogP contribution in [0.5, 0.6) is 5.75 Å². The van der Waals surface area contributed by atoms with E-state index in [1.54, 1.807) is 0 Å². The number of hydrogen-bond donors (Lipinski definition) is 3. The van der Waals surface area contributed by atoms with Crippen LogP contribution in [-0.2, 0) is 22.6 Å². The summed E-state index contributed by atoms with van der Waals surface area (Å²) in [6.45, 7) is 4.69. The fraction of sp³-hybridized carbons (Fsp3) is 0.364. The van der Waals surface area contributed by atoms with E-state index in [2.05, 4.69) is 10.6 Å². The first-order valence-corrected chi connectivity index (χ1v) is 9.51. The molecule has 7 heteroatoms. The van der Waals surface area contributed by atoms with Crippen molar-refractivity contribution in [3.05, 3.63) is 65.7 Å². The lowest BCUT2D eigenvalue weighted by Gasteiger charge is -2.15. The van der Waals surface area contributed by atoms with Crippen molar-refractivity contribution in [2.75, 3.05) is 13.1 Å². The van der Waals surface area contributed by atoms with E-state index in [1.807, 2.05) is 68.4 Å². The molecule has 0 aromatic heterocycles. The molecule has 158 valence electrons. The first kappa shape index (κ1) is 24.5. The Morgan fingerprint density at radius 1 is 0.966 bits per heavy atom. The van der Waals surface area contributed by atoms with Crippen molar-refractivity contribution < 1.29 is 14.3 Å². The average Bonchev–Trinajstić information content (AvgIpc) is 2.71. The third kappa shape index (κ3) is 8.98. The fourth-order valence-corrected chi connectivity index (χ4v) is 2.49. The van der Waals surface area contributed by atoms with E-state index < -0.39 is 6.04 Å². The SMILES string of the molecule is CC(C)[C@H](N)C(=O)NCC(=O)NCCc1ccc(OCc2ccccc2)cc1.Cl. The topological polar surface area (TPSA) is 93.5 Å². The minimum Gasteiger partial charge on any atom is -0.489 e. The molecule has 0 aliphatic rings. The van der Waals surface area contributed by atoms with Crippen LogP contribution in [-0.4, -0.2) is 30.9 Å². The molecule has 2 aromatic rings. The minimum absolute atomic E-state index is 0. The standard InChI is InChI=1S/C22H29N3O3.ClH/c1-16(2)21(23)22(27)25-14-20(26)24-13-12-17-8-10-19(11-9-17)28-15-18-6-4-3-5-7-18;/h3-11,16,21H,12-15,23H2,1-2H3,(H,24,26)(H,25,27);1H/t21-;/m0./s1. The molecule has 0 saturated heterocycles. The van der Waals surface area contributed by atoms with E-state index in [-0.39, 0.29) is 36.7 Å². The molecule has 2 rings (SSSR count). The number of rotatable bonds is 10. The van der Waals surface area contributed by atoms with Crippen LogP contribution in [0.4, 0.5) is 0 Å². The normalized spacial score (nSPS) is 11.3. The highest BCUT2D eigenvalue weighted by Gasteiger charge is 2.17. The van der Waals surface area contributed by atoms with Crippen LogP contribution in [0, 0.1) is 5.92 Å². The third-order valence-electron chi connectivity index (χ3n) is 4.35. The first-order valence-electron chi connectivity index (χ1n) is 9.51. The number of nitrogens with two attached hydrogens (primary N) is 1. The largest absolute Gasteiger partial charge is 0.489 e. The van der Waals surface area contributed by atoms with Crippen LogP contribution in [0.15, 0.2) is 54.6 Å². The molecular weight excluding hydrogens is 390 g/mol. The molecule has 0 saturated carbocycles. The van der Waals surface area contributed by atoms with Gasteiger partial charge in [-0.25, -0.2) is 0 Å². The lowest BCUT2D eigenvalue weighted by Crippen LogP contribution is -2.47. The Morgan fingerprint density at radius 3 is 2.24 bits per heavy atom. The van der Waals surface area contributed by atoms with Gasteiger partial charge in [0.15, 0.2) is 0 Å². The van der Waals surface area contributed by atoms with Crippen molar-refractivity contribution in [2.24, 2.45) is 11.7 Å². The lowest BCUT2D eigenvalue weighted by atomic mass is 10.1. The highest BCUT2D eigenvalue weighted by Crippen LogP contribution is 2.14. The number of nitrogens with one attached hydrogen (secondary N) is 2. The van der Waals surface area contributed by atoms with Gasteiger partial charge in [-0.15, -0.1) is 12.4 Å². The van der Waals surface area contributed by atoms with Gasteiger partial charge >= 0.3 is 0 Å². The van der Waals surface area contributed by atoms with E-state index in [0.29, 0.717) is 19.6 Å². The molecule has 0 aliphatic carbocycles. The second kappa shape index (κ2) is 12.8. The van der Waals surface area contributed by atoms with Gasteiger partial charge in [0.05, 0.1) is 12.6 Å². The summed E-state index contributed by atoms with van der Waals surface area (Å²) in [5, 5.41) is 5.34. The van der Waals surface area contributed by atoms with Gasteiger partial charge in [0.25, 0.3) is 0 Å². The Kier molecular flexibility index (Phi) is 10.8. The molecule has 29 heavy (non-hydrogen) atoms. The summed E-state index contributed by atoms with van der Waals surface area (Å²) >= 11 is 0. The molecule has 0 spiro atoms. The van der Waals surface area contributed by atoms with Crippen LogP contribution >= 0.6 is 12.4 Å². The molecule has 2 amide bonds. The second-order valence-electron chi connectivity index (χ2n) is 7.01. The highest BCUT2D eigenvalue weighted by molar-refractivity contribution is 5.87. The number of benzene rings is 2. The first-order chi connectivity index (χ1) is 13.5. The summed E-state index contributed by atoms with van der Waals surface area (Å²) in [4.78, 5) is 23.5. The number of amides is 2. The van der Waals surface area contributed by atoms with Crippen LogP contribution in [0.25, 0.3) is 0 Å². The number of carbonyl (C=O) groups excluding carboxylic acids is 2. The van der Waals surface area contributed by atoms with E-state index in [0.717, 1.165) is 16.9 Å². The van der Waals surface area contributed by atoms with E-state index >= 15 is 0 Å². The molecule has 0 bridgehead atoms. The van der Waals surface area contributed by atoms with E-state index in [1.165, 1.54) is 0 Å². The van der Waals surface area contributed by atoms with Gasteiger partial charge in [0.1, 0.15) is 12.4 Å². The molecule has 0 radical (unpaired) electrons. The monoisotopic (exact) mass is 419 g/mol. The van der Waals surface area contributed by atoms with Gasteiger partial charge in [-0.2, -0.15) is 0 Å². The van der Waals surface area contributed by atoms with Crippen molar-refractivity contribution in [3.63, 3.8) is 0 Å². The van der Waals surface area contributed by atoms with Crippen LogP contribution in [0.3, 0.4) is 0 Å². The van der Waals surface area contributed by atoms with Crippen LogP contribution in [0.1, 0.15) is 25.0 Å². The zero-order chi connectivity index (χ0) is 20.4. The van der Waals surface area contributed by atoms with Crippen molar-refractivity contribution in [3.8, 4) is 5.75 Å². The summed E-state index contributed by atoms with van der Waals surface area (Å²) < 4.78 is 5.76. The Labute approximate surface area is 178 Å². The average molecular weight is 420 g/mol. The van der Waals surface area contributed by atoms with Gasteiger partial charge in [-0.1, -0.05) is 56.3 Å². The van der Waals surface area contributed by atoms with Gasteiger partial charge in [-0.3, -0.25) is 9.59 Å². The van der Waals surface area contributed by atoms with Gasteiger partial charge in [0.2, 0.25) is 11.8 Å². The summed E-state index contributed by atoms with van der Waals surface area (Å²) in [6, 6.07) is 17.2. The summed E-state index contributed by atoms with van der Waals surface area (Å²) in [5.41, 5.74) is 7.95. The summed E-state index contributed by atoms with van der Waals surface area (Å²) in [6.07, 6.45) is 0.699. The van der Waals surface area contributed by atoms with Crippen molar-refractivity contribution in [2.45, 2.75) is 32.9 Å². The summed E-state index contributed by atoms with van der Waals surface area (Å²) in [7, 11) is 0. The van der Waals surface area contributed by atoms with Gasteiger partial charge in [-0.05, 0) is 35.6 Å². The van der Waals surface area contributed by atoms with Crippen molar-refractivity contribution >= 4 is 24.2 Å². The quantitative estimate of drug-likeness (QED) is 0.551. The zero-order valence-corrected chi connectivity index (χ0v) is 17.7. The molecule has 2 aromatic carbocycles. The molecule has 1 atom stereocenters. The molecule has 6 nitrogen and oxygen atoms in total. The van der Waals surface area contributed by atoms with Crippen LogP contribution < -0.4 is 21.1 Å². The van der Waals surface area contributed by atoms with Crippen molar-refractivity contribution in [1.82, 2.24) is 10.6 Å². The van der Waals surface area contributed by atoms with Crippen LogP contribution in [0.2, 0.25) is 0 Å². The maximum atomic E-state index is 11.8. The fourth-order valence-electron chi connectivity index (χ4n) is 2.49. The molecule has 0 unspecified atom stereocenters.